The Bertz CT molecular complexity index is 666. The maximum Gasteiger partial charge on any atom is 0.250 e. The average Bonchev–Trinajstić information content (AvgIpc) is 3.03. The van der Waals surface area contributed by atoms with Crippen LogP contribution in [0.4, 0.5) is 4.39 Å². The number of methoxy groups -OCH3 is 1. The molecule has 0 bridgehead atoms. The second-order valence-corrected chi connectivity index (χ2v) is 5.04. The zero-order valence-electron chi connectivity index (χ0n) is 12.2. The van der Waals surface area contributed by atoms with Gasteiger partial charge in [-0.2, -0.15) is 4.98 Å². The second kappa shape index (κ2) is 6.33. The van der Waals surface area contributed by atoms with Crippen molar-refractivity contribution in [2.75, 3.05) is 20.3 Å². The average molecular weight is 305 g/mol. The lowest BCUT2D eigenvalue weighted by atomic mass is 9.93. The van der Waals surface area contributed by atoms with Gasteiger partial charge in [-0.15, -0.1) is 0 Å². The number of hydrogen-bond acceptors (Lipinski definition) is 6. The van der Waals surface area contributed by atoms with Crippen molar-refractivity contribution in [3.8, 4) is 0 Å². The van der Waals surface area contributed by atoms with Gasteiger partial charge in [-0.1, -0.05) is 5.16 Å². The maximum atomic E-state index is 13.1. The highest BCUT2D eigenvalue weighted by Crippen LogP contribution is 2.33. The van der Waals surface area contributed by atoms with Gasteiger partial charge in [0.2, 0.25) is 5.82 Å². The van der Waals surface area contributed by atoms with Crippen molar-refractivity contribution in [2.45, 2.75) is 18.4 Å². The zero-order chi connectivity index (χ0) is 15.4. The first kappa shape index (κ1) is 14.8. The molecule has 0 atom stereocenters. The van der Waals surface area contributed by atoms with Gasteiger partial charge in [0.25, 0.3) is 5.89 Å². The third-order valence-electron chi connectivity index (χ3n) is 3.68. The van der Waals surface area contributed by atoms with Crippen LogP contribution >= 0.6 is 0 Å². The van der Waals surface area contributed by atoms with Crippen LogP contribution in [-0.4, -0.2) is 35.4 Å². The highest BCUT2D eigenvalue weighted by molar-refractivity contribution is 5.65. The Morgan fingerprint density at radius 3 is 2.82 bits per heavy atom. The minimum absolute atomic E-state index is 0.335. The van der Waals surface area contributed by atoms with E-state index in [9.17, 15) is 4.39 Å². The predicted octanol–water partition coefficient (Wildman–Crippen LogP) is 2.43. The van der Waals surface area contributed by atoms with Crippen molar-refractivity contribution in [2.24, 2.45) is 0 Å². The first-order chi connectivity index (χ1) is 10.7. The van der Waals surface area contributed by atoms with Crippen LogP contribution in [-0.2, 0) is 15.1 Å². The molecule has 0 amide bonds. The molecule has 0 saturated carbocycles. The summed E-state index contributed by atoms with van der Waals surface area (Å²) in [6.45, 7) is 1.20. The van der Waals surface area contributed by atoms with Gasteiger partial charge >= 0.3 is 0 Å². The molecule has 1 aliphatic rings. The van der Waals surface area contributed by atoms with E-state index in [0.29, 0.717) is 43.3 Å². The molecule has 1 fully saturated rings. The van der Waals surface area contributed by atoms with Crippen molar-refractivity contribution in [3.63, 3.8) is 0 Å². The largest absolute Gasteiger partial charge is 0.381 e. The van der Waals surface area contributed by atoms with Crippen LogP contribution in [0, 0.1) is 5.82 Å². The van der Waals surface area contributed by atoms with Crippen LogP contribution in [0.25, 0.3) is 12.2 Å². The van der Waals surface area contributed by atoms with E-state index in [0.717, 1.165) is 6.20 Å². The molecule has 116 valence electrons. The smallest absolute Gasteiger partial charge is 0.250 e. The van der Waals surface area contributed by atoms with Gasteiger partial charge in [-0.05, 0) is 17.7 Å². The van der Waals surface area contributed by atoms with Crippen molar-refractivity contribution < 1.29 is 18.4 Å². The number of pyridine rings is 1. The van der Waals surface area contributed by atoms with Gasteiger partial charge in [0, 0.05) is 45.4 Å². The second-order valence-electron chi connectivity index (χ2n) is 5.04. The van der Waals surface area contributed by atoms with Crippen LogP contribution < -0.4 is 0 Å². The lowest BCUT2D eigenvalue weighted by Gasteiger charge is -2.32. The highest BCUT2D eigenvalue weighted by atomic mass is 19.1. The molecule has 7 heteroatoms. The molecule has 0 N–H and O–H groups in total. The van der Waals surface area contributed by atoms with Crippen molar-refractivity contribution in [3.05, 3.63) is 41.6 Å². The topological polar surface area (TPSA) is 70.3 Å². The van der Waals surface area contributed by atoms with E-state index in [2.05, 4.69) is 15.1 Å². The molecule has 22 heavy (non-hydrogen) atoms. The van der Waals surface area contributed by atoms with E-state index in [1.807, 2.05) is 0 Å². The number of nitrogens with zero attached hydrogens (tertiary/aromatic N) is 3. The summed E-state index contributed by atoms with van der Waals surface area (Å²) >= 11 is 0. The van der Waals surface area contributed by atoms with Gasteiger partial charge < -0.3 is 14.0 Å². The van der Waals surface area contributed by atoms with Gasteiger partial charge in [0.1, 0.15) is 11.4 Å². The Morgan fingerprint density at radius 1 is 1.27 bits per heavy atom. The summed E-state index contributed by atoms with van der Waals surface area (Å²) in [5.74, 6) is 0.450. The van der Waals surface area contributed by atoms with E-state index in [-0.39, 0.29) is 0 Å². The molecule has 0 aliphatic carbocycles. The van der Waals surface area contributed by atoms with Crippen LogP contribution in [0.15, 0.2) is 23.0 Å². The molecule has 0 unspecified atom stereocenters. The molecule has 3 rings (SSSR count). The molecule has 0 aromatic carbocycles. The van der Waals surface area contributed by atoms with E-state index in [4.69, 9.17) is 14.0 Å². The van der Waals surface area contributed by atoms with Crippen molar-refractivity contribution in [1.82, 2.24) is 15.1 Å². The molecule has 0 spiro atoms. The summed E-state index contributed by atoms with van der Waals surface area (Å²) in [5.41, 5.74) is 0.0566. The molecule has 1 saturated heterocycles. The Labute approximate surface area is 127 Å². The highest BCUT2D eigenvalue weighted by Gasteiger charge is 2.39. The third-order valence-corrected chi connectivity index (χ3v) is 3.68. The molecule has 0 radical (unpaired) electrons. The van der Waals surface area contributed by atoms with Crippen LogP contribution in [0.2, 0.25) is 0 Å². The minimum atomic E-state index is -0.561. The van der Waals surface area contributed by atoms with E-state index in [1.165, 1.54) is 6.07 Å². The zero-order valence-corrected chi connectivity index (χ0v) is 12.2. The first-order valence-corrected chi connectivity index (χ1v) is 6.98. The fourth-order valence-electron chi connectivity index (χ4n) is 2.40. The standard InChI is InChI=1S/C15H16FN3O3/c1-20-15(4-6-21-7-5-15)14-18-13(22-19-14)3-2-11-8-12(16)10-17-9-11/h2-3,8-10H,4-7H2,1H3/b3-2+. The lowest BCUT2D eigenvalue weighted by Crippen LogP contribution is -2.36. The van der Waals surface area contributed by atoms with E-state index >= 15 is 0 Å². The lowest BCUT2D eigenvalue weighted by molar-refractivity contribution is -0.101. The molecule has 2 aromatic heterocycles. The number of rotatable bonds is 4. The Balaban J connectivity index is 1.78. The van der Waals surface area contributed by atoms with Gasteiger partial charge in [0.05, 0.1) is 6.20 Å². The maximum absolute atomic E-state index is 13.1. The number of aromatic nitrogens is 3. The van der Waals surface area contributed by atoms with E-state index in [1.54, 1.807) is 25.5 Å². The quantitative estimate of drug-likeness (QED) is 0.864. The SMILES string of the molecule is COC1(c2noc(/C=C/c3cncc(F)c3)n2)CCOCC1. The van der Waals surface area contributed by atoms with Crippen LogP contribution in [0.1, 0.15) is 30.1 Å². The molecular weight excluding hydrogens is 289 g/mol. The molecule has 1 aliphatic heterocycles. The first-order valence-electron chi connectivity index (χ1n) is 6.98. The van der Waals surface area contributed by atoms with Crippen molar-refractivity contribution >= 4 is 12.2 Å². The Morgan fingerprint density at radius 2 is 2.09 bits per heavy atom. The Hall–Kier alpha value is -2.12. The molecule has 6 nitrogen and oxygen atoms in total. The Kier molecular flexibility index (Phi) is 4.26. The fourth-order valence-corrected chi connectivity index (χ4v) is 2.40. The third kappa shape index (κ3) is 3.05. The van der Waals surface area contributed by atoms with Gasteiger partial charge in [-0.3, -0.25) is 4.98 Å². The summed E-state index contributed by atoms with van der Waals surface area (Å²) in [4.78, 5) is 8.13. The van der Waals surface area contributed by atoms with E-state index < -0.39 is 11.4 Å². The predicted molar refractivity (Wildman–Crippen MR) is 76.2 cm³/mol. The minimum Gasteiger partial charge on any atom is -0.381 e. The number of hydrogen-bond donors (Lipinski definition) is 0. The number of ether oxygens (including phenoxy) is 2. The van der Waals surface area contributed by atoms with Gasteiger partial charge in [-0.25, -0.2) is 4.39 Å². The van der Waals surface area contributed by atoms with Crippen molar-refractivity contribution in [1.29, 1.82) is 0 Å². The monoisotopic (exact) mass is 305 g/mol. The molecular formula is C15H16FN3O3. The molecule has 2 aromatic rings. The summed E-state index contributed by atoms with van der Waals surface area (Å²) in [6.07, 6.45) is 7.34. The summed E-state index contributed by atoms with van der Waals surface area (Å²) in [6, 6.07) is 1.37. The number of halogens is 1. The summed E-state index contributed by atoms with van der Waals surface area (Å²) in [7, 11) is 1.63. The van der Waals surface area contributed by atoms with Crippen LogP contribution in [0.3, 0.4) is 0 Å². The summed E-state index contributed by atoms with van der Waals surface area (Å²) in [5, 5.41) is 4.01. The normalized spacial score (nSPS) is 17.9. The molecule has 3 heterocycles. The summed E-state index contributed by atoms with van der Waals surface area (Å²) < 4.78 is 29.2. The van der Waals surface area contributed by atoms with Crippen LogP contribution in [0.5, 0.6) is 0 Å². The fraction of sp³-hybridized carbons (Fsp3) is 0.400. The van der Waals surface area contributed by atoms with Gasteiger partial charge in [0.15, 0.2) is 0 Å².